The number of hydrogen-bond acceptors (Lipinski definition) is 4. The van der Waals surface area contributed by atoms with E-state index in [0.717, 1.165) is 31.2 Å². The molecule has 8 heteroatoms. The van der Waals surface area contributed by atoms with Crippen LogP contribution in [0.5, 0.6) is 0 Å². The second-order valence-corrected chi connectivity index (χ2v) is 8.73. The fraction of sp³-hybridized carbons (Fsp3) is 0.400. The standard InChI is InChI=1S/C25H29ClFN3O3/c1-3-33-25(32)29-21-10-6-17(7-11-21)12-23(28-22-14-19(26)13-20(27)15-22)30-24(31)18-8-4-16(2)5-9-18/h4-5,8-9,13-15,17,21H,3,6-7,10-12H2,1-2H3,(H,29,32)(H,28,30,31). The number of amides is 2. The number of aliphatic imine (C=N–C) groups is 1. The largest absolute Gasteiger partial charge is 0.450 e. The van der Waals surface area contributed by atoms with Crippen molar-refractivity contribution >= 4 is 35.1 Å². The molecule has 0 aromatic heterocycles. The number of amidine groups is 1. The molecule has 2 N–H and O–H groups in total. The molecule has 0 atom stereocenters. The first-order valence-electron chi connectivity index (χ1n) is 11.2. The number of nitrogens with zero attached hydrogens (tertiary/aromatic N) is 1. The van der Waals surface area contributed by atoms with Crippen LogP contribution in [0, 0.1) is 18.7 Å². The van der Waals surface area contributed by atoms with Crippen LogP contribution in [-0.2, 0) is 4.74 Å². The summed E-state index contributed by atoms with van der Waals surface area (Å²) in [6.45, 7) is 4.06. The number of halogens is 2. The number of nitrogens with one attached hydrogen (secondary N) is 2. The SMILES string of the molecule is CCOC(=O)NC1CCC(CC(=Nc2cc(F)cc(Cl)c2)NC(=O)c2ccc(C)cc2)CC1. The fourth-order valence-corrected chi connectivity index (χ4v) is 4.13. The molecular formula is C25H29ClFN3O3. The summed E-state index contributed by atoms with van der Waals surface area (Å²) in [5, 5.41) is 6.03. The second kappa shape index (κ2) is 11.8. The van der Waals surface area contributed by atoms with E-state index >= 15 is 0 Å². The summed E-state index contributed by atoms with van der Waals surface area (Å²) < 4.78 is 18.8. The Morgan fingerprint density at radius 2 is 1.82 bits per heavy atom. The van der Waals surface area contributed by atoms with E-state index in [1.165, 1.54) is 12.1 Å². The maximum absolute atomic E-state index is 13.8. The van der Waals surface area contributed by atoms with Crippen LogP contribution in [0.25, 0.3) is 0 Å². The van der Waals surface area contributed by atoms with E-state index in [2.05, 4.69) is 15.6 Å². The molecule has 0 saturated heterocycles. The van der Waals surface area contributed by atoms with Gasteiger partial charge in [0.05, 0.1) is 12.3 Å². The Labute approximate surface area is 198 Å². The third-order valence-electron chi connectivity index (χ3n) is 5.61. The van der Waals surface area contributed by atoms with Crippen molar-refractivity contribution in [2.45, 2.75) is 52.0 Å². The van der Waals surface area contributed by atoms with Crippen molar-refractivity contribution in [2.75, 3.05) is 6.61 Å². The number of ether oxygens (including phenoxy) is 1. The van der Waals surface area contributed by atoms with Crippen LogP contribution in [0.2, 0.25) is 5.02 Å². The van der Waals surface area contributed by atoms with Gasteiger partial charge in [-0.3, -0.25) is 4.79 Å². The number of rotatable bonds is 6. The molecule has 33 heavy (non-hydrogen) atoms. The third kappa shape index (κ3) is 7.86. The molecular weight excluding hydrogens is 445 g/mol. The van der Waals surface area contributed by atoms with E-state index in [0.29, 0.717) is 30.1 Å². The maximum Gasteiger partial charge on any atom is 0.407 e. The van der Waals surface area contributed by atoms with Crippen molar-refractivity contribution < 1.29 is 18.7 Å². The molecule has 2 amide bonds. The summed E-state index contributed by atoms with van der Waals surface area (Å²) in [5.41, 5.74) is 1.92. The minimum Gasteiger partial charge on any atom is -0.450 e. The summed E-state index contributed by atoms with van der Waals surface area (Å²) in [4.78, 5) is 29.0. The van der Waals surface area contributed by atoms with E-state index in [9.17, 15) is 14.0 Å². The Balaban J connectivity index is 1.71. The van der Waals surface area contributed by atoms with Gasteiger partial charge in [-0.2, -0.15) is 0 Å². The molecule has 6 nitrogen and oxygen atoms in total. The van der Waals surface area contributed by atoms with Crippen LogP contribution in [0.15, 0.2) is 47.5 Å². The first kappa shape index (κ1) is 24.7. The third-order valence-corrected chi connectivity index (χ3v) is 5.83. The van der Waals surface area contributed by atoms with Gasteiger partial charge in [0.1, 0.15) is 11.7 Å². The highest BCUT2D eigenvalue weighted by atomic mass is 35.5. The Bertz CT molecular complexity index is 982. The van der Waals surface area contributed by atoms with Gasteiger partial charge in [-0.1, -0.05) is 29.3 Å². The molecule has 0 radical (unpaired) electrons. The maximum atomic E-state index is 13.8. The molecule has 1 saturated carbocycles. The molecule has 0 aliphatic heterocycles. The van der Waals surface area contributed by atoms with Crippen LogP contribution in [0.3, 0.4) is 0 Å². The van der Waals surface area contributed by atoms with Crippen molar-refractivity contribution in [3.63, 3.8) is 0 Å². The number of benzene rings is 2. The van der Waals surface area contributed by atoms with E-state index in [4.69, 9.17) is 16.3 Å². The van der Waals surface area contributed by atoms with Gasteiger partial charge < -0.3 is 15.4 Å². The minimum absolute atomic E-state index is 0.0739. The topological polar surface area (TPSA) is 79.8 Å². The van der Waals surface area contributed by atoms with Crippen molar-refractivity contribution in [3.8, 4) is 0 Å². The minimum atomic E-state index is -0.490. The summed E-state index contributed by atoms with van der Waals surface area (Å²) >= 11 is 5.98. The number of hydrogen-bond donors (Lipinski definition) is 2. The summed E-state index contributed by atoms with van der Waals surface area (Å²) in [5.74, 6) is -0.0275. The normalized spacial score (nSPS) is 18.5. The van der Waals surface area contributed by atoms with Crippen molar-refractivity contribution in [1.29, 1.82) is 0 Å². The summed E-state index contributed by atoms with van der Waals surface area (Å²) in [6.07, 6.45) is 3.48. The van der Waals surface area contributed by atoms with Crippen LogP contribution < -0.4 is 10.6 Å². The van der Waals surface area contributed by atoms with E-state index in [1.807, 2.05) is 19.1 Å². The zero-order valence-corrected chi connectivity index (χ0v) is 19.6. The van der Waals surface area contributed by atoms with Gasteiger partial charge in [0.15, 0.2) is 0 Å². The van der Waals surface area contributed by atoms with Gasteiger partial charge in [0, 0.05) is 23.0 Å². The highest BCUT2D eigenvalue weighted by molar-refractivity contribution is 6.30. The molecule has 1 aliphatic rings. The lowest BCUT2D eigenvalue weighted by Gasteiger charge is -2.29. The van der Waals surface area contributed by atoms with Gasteiger partial charge in [-0.15, -0.1) is 0 Å². The molecule has 0 heterocycles. The second-order valence-electron chi connectivity index (χ2n) is 8.29. The van der Waals surface area contributed by atoms with Crippen LogP contribution in [0.1, 0.15) is 54.9 Å². The Hall–Kier alpha value is -2.93. The van der Waals surface area contributed by atoms with Gasteiger partial charge in [0.2, 0.25) is 0 Å². The molecule has 2 aromatic carbocycles. The first-order chi connectivity index (χ1) is 15.8. The van der Waals surface area contributed by atoms with Crippen LogP contribution >= 0.6 is 11.6 Å². The Kier molecular flexibility index (Phi) is 8.83. The average molecular weight is 474 g/mol. The molecule has 3 rings (SSSR count). The van der Waals surface area contributed by atoms with Crippen LogP contribution in [-0.4, -0.2) is 30.5 Å². The smallest absolute Gasteiger partial charge is 0.407 e. The summed E-state index contributed by atoms with van der Waals surface area (Å²) in [7, 11) is 0. The van der Waals surface area contributed by atoms with Gasteiger partial charge in [-0.25, -0.2) is 14.2 Å². The summed E-state index contributed by atoms with van der Waals surface area (Å²) in [6, 6.07) is 11.4. The molecule has 0 bridgehead atoms. The predicted octanol–water partition coefficient (Wildman–Crippen LogP) is 5.94. The van der Waals surface area contributed by atoms with Crippen LogP contribution in [0.4, 0.5) is 14.9 Å². The predicted molar refractivity (Wildman–Crippen MR) is 128 cm³/mol. The van der Waals surface area contributed by atoms with Gasteiger partial charge in [-0.05, 0) is 75.8 Å². The number of carbonyl (C=O) groups is 2. The van der Waals surface area contributed by atoms with E-state index < -0.39 is 11.9 Å². The lowest BCUT2D eigenvalue weighted by Crippen LogP contribution is -2.39. The highest BCUT2D eigenvalue weighted by Gasteiger charge is 2.24. The van der Waals surface area contributed by atoms with Gasteiger partial charge in [0.25, 0.3) is 5.91 Å². The highest BCUT2D eigenvalue weighted by Crippen LogP contribution is 2.28. The quantitative estimate of drug-likeness (QED) is 0.402. The lowest BCUT2D eigenvalue weighted by atomic mass is 9.84. The zero-order valence-electron chi connectivity index (χ0n) is 18.9. The fourth-order valence-electron chi connectivity index (χ4n) is 3.92. The van der Waals surface area contributed by atoms with Crippen molar-refractivity contribution in [3.05, 3.63) is 64.4 Å². The average Bonchev–Trinajstić information content (AvgIpc) is 2.75. The zero-order chi connectivity index (χ0) is 23.8. The molecule has 176 valence electrons. The number of alkyl carbamates (subject to hydrolysis) is 1. The number of carbonyl (C=O) groups excluding carboxylic acids is 2. The molecule has 2 aromatic rings. The lowest BCUT2D eigenvalue weighted by molar-refractivity contribution is 0.0975. The molecule has 1 aliphatic carbocycles. The van der Waals surface area contributed by atoms with E-state index in [-0.39, 0.29) is 22.9 Å². The van der Waals surface area contributed by atoms with Crippen molar-refractivity contribution in [2.24, 2.45) is 10.9 Å². The molecule has 1 fully saturated rings. The van der Waals surface area contributed by atoms with Crippen molar-refractivity contribution in [1.82, 2.24) is 10.6 Å². The Morgan fingerprint density at radius 1 is 1.12 bits per heavy atom. The van der Waals surface area contributed by atoms with Gasteiger partial charge >= 0.3 is 6.09 Å². The molecule has 0 spiro atoms. The number of aryl methyl sites for hydroxylation is 1. The molecule has 0 unspecified atom stereocenters. The first-order valence-corrected chi connectivity index (χ1v) is 11.5. The monoisotopic (exact) mass is 473 g/mol. The van der Waals surface area contributed by atoms with E-state index in [1.54, 1.807) is 25.1 Å². The Morgan fingerprint density at radius 3 is 2.45 bits per heavy atom.